The van der Waals surface area contributed by atoms with E-state index in [0.717, 1.165) is 0 Å². The third kappa shape index (κ3) is 4.71. The van der Waals surface area contributed by atoms with Crippen LogP contribution in [0.1, 0.15) is 39.0 Å². The number of ether oxygens (including phenoxy) is 1. The van der Waals surface area contributed by atoms with E-state index >= 15 is 0 Å². The van der Waals surface area contributed by atoms with Crippen molar-refractivity contribution >= 4 is 11.8 Å². The summed E-state index contributed by atoms with van der Waals surface area (Å²) in [6.07, 6.45) is -0.795. The van der Waals surface area contributed by atoms with Gasteiger partial charge in [-0.3, -0.25) is 9.59 Å². The number of rotatable bonds is 4. The van der Waals surface area contributed by atoms with E-state index in [2.05, 4.69) is 22.1 Å². The summed E-state index contributed by atoms with van der Waals surface area (Å²) < 4.78 is 20.8. The van der Waals surface area contributed by atoms with Crippen molar-refractivity contribution in [1.82, 2.24) is 14.9 Å². The zero-order valence-electron chi connectivity index (χ0n) is 17.8. The minimum Gasteiger partial charge on any atom is -0.491 e. The van der Waals surface area contributed by atoms with Gasteiger partial charge in [-0.25, -0.2) is 9.37 Å². The van der Waals surface area contributed by atoms with E-state index in [1.807, 2.05) is 0 Å². The van der Waals surface area contributed by atoms with Gasteiger partial charge < -0.3 is 25.5 Å². The van der Waals surface area contributed by atoms with Crippen molar-refractivity contribution in [2.45, 2.75) is 26.1 Å². The van der Waals surface area contributed by atoms with E-state index in [1.54, 1.807) is 41.8 Å². The molecule has 3 aromatic rings. The lowest BCUT2D eigenvalue weighted by molar-refractivity contribution is 0.0923. The fourth-order valence-corrected chi connectivity index (χ4v) is 3.53. The quantitative estimate of drug-likeness (QED) is 0.526. The summed E-state index contributed by atoms with van der Waals surface area (Å²) in [6, 6.07) is 11.0. The van der Waals surface area contributed by atoms with E-state index in [9.17, 15) is 19.1 Å². The molecular formula is C24H21FN4O4. The summed E-state index contributed by atoms with van der Waals surface area (Å²) in [5, 5.41) is 12.1. The maximum Gasteiger partial charge on any atom is 0.270 e. The van der Waals surface area contributed by atoms with Crippen LogP contribution in [-0.2, 0) is 13.1 Å². The molecule has 8 nitrogen and oxygen atoms in total. The first kappa shape index (κ1) is 22.0. The standard InChI is InChI=1S/C24H21FN4O4/c1-14(30)5-6-15-7-8-19-18(12-15)23-28-20(22(26)31)21(29(23)9-10-33-19)24(32)27-13-16-3-2-4-17(25)11-16/h2-4,7-8,11-12,14,30H,9-10,13H2,1H3,(H2,26,31)(H,27,32). The fraction of sp³-hybridized carbons (Fsp3) is 0.208. The number of amides is 2. The van der Waals surface area contributed by atoms with E-state index in [-0.39, 0.29) is 31.1 Å². The predicted octanol–water partition coefficient (Wildman–Crippen LogP) is 1.84. The van der Waals surface area contributed by atoms with Gasteiger partial charge in [0.15, 0.2) is 5.69 Å². The molecule has 1 aliphatic heterocycles. The lowest BCUT2D eigenvalue weighted by Crippen LogP contribution is -2.29. The number of nitrogens with zero attached hydrogens (tertiary/aromatic N) is 2. The number of hydrogen-bond acceptors (Lipinski definition) is 5. The number of nitrogens with two attached hydrogens (primary N) is 1. The van der Waals surface area contributed by atoms with Gasteiger partial charge in [0.05, 0.1) is 12.1 Å². The molecule has 2 heterocycles. The van der Waals surface area contributed by atoms with Crippen molar-refractivity contribution in [2.24, 2.45) is 5.73 Å². The summed E-state index contributed by atoms with van der Waals surface area (Å²) in [4.78, 5) is 29.6. The number of hydrogen-bond donors (Lipinski definition) is 3. The van der Waals surface area contributed by atoms with Crippen LogP contribution in [0.25, 0.3) is 11.4 Å². The van der Waals surface area contributed by atoms with E-state index < -0.39 is 23.7 Å². The van der Waals surface area contributed by atoms with Crippen LogP contribution in [0.3, 0.4) is 0 Å². The molecule has 2 amide bonds. The number of imidazole rings is 1. The molecule has 168 valence electrons. The first-order valence-corrected chi connectivity index (χ1v) is 10.2. The van der Waals surface area contributed by atoms with Crippen LogP contribution in [0.5, 0.6) is 5.75 Å². The number of halogens is 1. The van der Waals surface area contributed by atoms with Crippen LogP contribution >= 0.6 is 0 Å². The highest BCUT2D eigenvalue weighted by molar-refractivity contribution is 6.05. The van der Waals surface area contributed by atoms with Crippen molar-refractivity contribution in [3.63, 3.8) is 0 Å². The summed E-state index contributed by atoms with van der Waals surface area (Å²) in [6.45, 7) is 2.10. The van der Waals surface area contributed by atoms with Gasteiger partial charge in [-0.2, -0.15) is 0 Å². The fourth-order valence-electron chi connectivity index (χ4n) is 3.53. The average molecular weight is 448 g/mol. The number of benzene rings is 2. The van der Waals surface area contributed by atoms with E-state index in [1.165, 1.54) is 12.1 Å². The van der Waals surface area contributed by atoms with Gasteiger partial charge in [-0.15, -0.1) is 0 Å². The topological polar surface area (TPSA) is 119 Å². The number of aromatic nitrogens is 2. The smallest absolute Gasteiger partial charge is 0.270 e. The van der Waals surface area contributed by atoms with Crippen LogP contribution < -0.4 is 15.8 Å². The Balaban J connectivity index is 1.74. The van der Waals surface area contributed by atoms with E-state index in [4.69, 9.17) is 10.5 Å². The van der Waals surface area contributed by atoms with Crippen molar-refractivity contribution in [2.75, 3.05) is 6.61 Å². The molecule has 0 spiro atoms. The number of carbonyl (C=O) groups excluding carboxylic acids is 2. The second-order valence-corrected chi connectivity index (χ2v) is 7.47. The van der Waals surface area contributed by atoms with Gasteiger partial charge in [0.2, 0.25) is 0 Å². The van der Waals surface area contributed by atoms with Crippen LogP contribution in [0.4, 0.5) is 4.39 Å². The third-order valence-corrected chi connectivity index (χ3v) is 4.98. The van der Waals surface area contributed by atoms with E-state index in [0.29, 0.717) is 28.3 Å². The molecule has 0 radical (unpaired) electrons. The van der Waals surface area contributed by atoms with Crippen LogP contribution in [0.2, 0.25) is 0 Å². The highest BCUT2D eigenvalue weighted by Gasteiger charge is 2.29. The molecule has 4 N–H and O–H groups in total. The van der Waals surface area contributed by atoms with Crippen molar-refractivity contribution in [3.8, 4) is 29.0 Å². The number of fused-ring (bicyclic) bond motifs is 3. The first-order chi connectivity index (χ1) is 15.8. The number of primary amides is 1. The van der Waals surface area contributed by atoms with Gasteiger partial charge in [0.1, 0.15) is 35.8 Å². The van der Waals surface area contributed by atoms with Gasteiger partial charge in [-0.1, -0.05) is 24.0 Å². The van der Waals surface area contributed by atoms with Crippen molar-refractivity contribution in [1.29, 1.82) is 0 Å². The Morgan fingerprint density at radius 1 is 1.33 bits per heavy atom. The lowest BCUT2D eigenvalue weighted by Gasteiger charge is -2.10. The molecule has 0 saturated carbocycles. The molecule has 0 bridgehead atoms. The minimum atomic E-state index is -0.848. The lowest BCUT2D eigenvalue weighted by atomic mass is 10.1. The normalized spacial score (nSPS) is 12.8. The molecular weight excluding hydrogens is 427 g/mol. The Morgan fingerprint density at radius 2 is 2.15 bits per heavy atom. The minimum absolute atomic E-state index is 0.00539. The summed E-state index contributed by atoms with van der Waals surface area (Å²) >= 11 is 0. The largest absolute Gasteiger partial charge is 0.491 e. The molecule has 0 aliphatic carbocycles. The predicted molar refractivity (Wildman–Crippen MR) is 118 cm³/mol. The van der Waals surface area contributed by atoms with Gasteiger partial charge in [-0.05, 0) is 42.8 Å². The maximum atomic E-state index is 13.5. The zero-order valence-corrected chi connectivity index (χ0v) is 17.8. The summed E-state index contributed by atoms with van der Waals surface area (Å²) in [5.74, 6) is 4.56. The number of aliphatic hydroxyl groups excluding tert-OH is 1. The molecule has 1 aliphatic rings. The van der Waals surface area contributed by atoms with Crippen LogP contribution in [0, 0.1) is 17.7 Å². The number of aliphatic hydroxyl groups is 1. The molecule has 0 fully saturated rings. The van der Waals surface area contributed by atoms with Gasteiger partial charge in [0, 0.05) is 12.1 Å². The maximum absolute atomic E-state index is 13.5. The third-order valence-electron chi connectivity index (χ3n) is 4.98. The average Bonchev–Trinajstić information content (AvgIpc) is 3.07. The SMILES string of the molecule is CC(O)C#Cc1ccc2c(c1)-c1nc(C(N)=O)c(C(=O)NCc3cccc(F)c3)n1CCO2. The second kappa shape index (κ2) is 9.14. The van der Waals surface area contributed by atoms with Gasteiger partial charge >= 0.3 is 0 Å². The Kier molecular flexibility index (Phi) is 6.11. The Bertz CT molecular complexity index is 1300. The monoisotopic (exact) mass is 448 g/mol. The molecule has 0 saturated heterocycles. The van der Waals surface area contributed by atoms with Crippen LogP contribution in [0.15, 0.2) is 42.5 Å². The van der Waals surface area contributed by atoms with Crippen molar-refractivity contribution < 1.29 is 23.8 Å². The highest BCUT2D eigenvalue weighted by atomic mass is 19.1. The zero-order chi connectivity index (χ0) is 23.5. The Morgan fingerprint density at radius 3 is 2.88 bits per heavy atom. The summed E-state index contributed by atoms with van der Waals surface area (Å²) in [5.41, 5.74) is 7.08. The molecule has 4 rings (SSSR count). The second-order valence-electron chi connectivity index (χ2n) is 7.47. The molecule has 1 aromatic heterocycles. The van der Waals surface area contributed by atoms with Gasteiger partial charge in [0.25, 0.3) is 11.8 Å². The molecule has 1 atom stereocenters. The number of nitrogens with one attached hydrogen (secondary N) is 1. The Hall–Kier alpha value is -4.16. The highest BCUT2D eigenvalue weighted by Crippen LogP contribution is 2.34. The van der Waals surface area contributed by atoms with Crippen LogP contribution in [-0.4, -0.2) is 39.2 Å². The molecule has 9 heteroatoms. The first-order valence-electron chi connectivity index (χ1n) is 10.2. The molecule has 1 unspecified atom stereocenters. The Labute approximate surface area is 189 Å². The van der Waals surface area contributed by atoms with Crippen molar-refractivity contribution in [3.05, 3.63) is 70.8 Å². The molecule has 2 aromatic carbocycles. The summed E-state index contributed by atoms with van der Waals surface area (Å²) in [7, 11) is 0. The molecule has 33 heavy (non-hydrogen) atoms. The number of carbonyl (C=O) groups is 2.